The van der Waals surface area contributed by atoms with Crippen LogP contribution in [0, 0.1) is 0 Å². The summed E-state index contributed by atoms with van der Waals surface area (Å²) in [5.41, 5.74) is 2.47. The summed E-state index contributed by atoms with van der Waals surface area (Å²) in [6.45, 7) is 10.6. The first kappa shape index (κ1) is 23.3. The maximum Gasteiger partial charge on any atom is 0.257 e. The van der Waals surface area contributed by atoms with Gasteiger partial charge in [0.25, 0.3) is 5.88 Å². The average Bonchev–Trinajstić information content (AvgIpc) is 2.75. The van der Waals surface area contributed by atoms with Crippen LogP contribution in [0.25, 0.3) is 11.3 Å². The molecule has 0 aliphatic heterocycles. The van der Waals surface area contributed by atoms with Gasteiger partial charge >= 0.3 is 0 Å². The van der Waals surface area contributed by atoms with Crippen molar-refractivity contribution in [1.29, 1.82) is 0 Å². The number of ether oxygens (including phenoxy) is 2. The Hall–Kier alpha value is -2.01. The van der Waals surface area contributed by atoms with E-state index in [4.69, 9.17) is 31.0 Å². The second-order valence-corrected chi connectivity index (χ2v) is 7.49. The van der Waals surface area contributed by atoms with Crippen molar-refractivity contribution in [1.82, 2.24) is 9.97 Å². The molecule has 0 saturated heterocycles. The molecule has 0 fully saturated rings. The molecule has 6 heteroatoms. The predicted molar refractivity (Wildman–Crippen MR) is 121 cm³/mol. The monoisotopic (exact) mass is 419 g/mol. The number of aromatic nitrogens is 2. The van der Waals surface area contributed by atoms with Crippen LogP contribution in [0.3, 0.4) is 0 Å². The van der Waals surface area contributed by atoms with Crippen LogP contribution in [0.4, 0.5) is 5.82 Å². The molecule has 2 rings (SSSR count). The van der Waals surface area contributed by atoms with Crippen LogP contribution < -0.4 is 14.8 Å². The largest absolute Gasteiger partial charge is 0.490 e. The summed E-state index contributed by atoms with van der Waals surface area (Å²) < 4.78 is 11.6. The zero-order valence-electron chi connectivity index (χ0n) is 18.5. The van der Waals surface area contributed by atoms with Crippen LogP contribution in [-0.2, 0) is 6.42 Å². The molecule has 0 radical (unpaired) electrons. The van der Waals surface area contributed by atoms with Crippen molar-refractivity contribution in [3.63, 3.8) is 0 Å². The number of aryl methyl sites for hydroxylation is 1. The lowest BCUT2D eigenvalue weighted by Gasteiger charge is -2.20. The average molecular weight is 420 g/mol. The van der Waals surface area contributed by atoms with Gasteiger partial charge < -0.3 is 14.8 Å². The summed E-state index contributed by atoms with van der Waals surface area (Å²) in [5, 5.41) is 4.06. The molecule has 2 aromatic rings. The quantitative estimate of drug-likeness (QED) is 0.448. The van der Waals surface area contributed by atoms with Crippen molar-refractivity contribution in [3.05, 3.63) is 28.9 Å². The third kappa shape index (κ3) is 5.75. The van der Waals surface area contributed by atoms with Crippen molar-refractivity contribution in [2.45, 2.75) is 78.9 Å². The summed E-state index contributed by atoms with van der Waals surface area (Å²) in [6.07, 6.45) is 4.88. The van der Waals surface area contributed by atoms with Gasteiger partial charge in [-0.3, -0.25) is 0 Å². The van der Waals surface area contributed by atoms with Crippen LogP contribution in [0.2, 0.25) is 5.02 Å². The van der Waals surface area contributed by atoms with Gasteiger partial charge in [0.15, 0.2) is 5.82 Å². The zero-order chi connectivity index (χ0) is 21.4. The normalized spacial score (nSPS) is 11.2. The van der Waals surface area contributed by atoms with E-state index < -0.39 is 0 Å². The number of halogens is 1. The minimum Gasteiger partial charge on any atom is -0.490 e. The lowest BCUT2D eigenvalue weighted by molar-refractivity contribution is 0.193. The molecule has 1 N–H and O–H groups in total. The standard InChI is InChI=1S/C23H34ClN3O2/c1-7-15(8-2)25-22-23(28-6)27-21(20(11-5)26-22)18-13-12-17(14-19(18)24)29-16(9-3)10-4/h12-16H,7-11H2,1-6H3,(H,25,26). The first-order valence-electron chi connectivity index (χ1n) is 10.7. The number of methoxy groups -OCH3 is 1. The zero-order valence-corrected chi connectivity index (χ0v) is 19.3. The van der Waals surface area contributed by atoms with E-state index in [1.807, 2.05) is 18.2 Å². The number of hydrogen-bond acceptors (Lipinski definition) is 5. The summed E-state index contributed by atoms with van der Waals surface area (Å²) in [6, 6.07) is 6.10. The first-order chi connectivity index (χ1) is 14.0. The summed E-state index contributed by atoms with van der Waals surface area (Å²) >= 11 is 6.62. The fourth-order valence-electron chi connectivity index (χ4n) is 3.25. The molecule has 0 unspecified atom stereocenters. The highest BCUT2D eigenvalue weighted by Crippen LogP contribution is 2.35. The topological polar surface area (TPSA) is 56.3 Å². The van der Waals surface area contributed by atoms with Gasteiger partial charge in [0.05, 0.1) is 29.6 Å². The van der Waals surface area contributed by atoms with E-state index in [9.17, 15) is 0 Å². The van der Waals surface area contributed by atoms with Gasteiger partial charge in [-0.15, -0.1) is 0 Å². The number of rotatable bonds is 11. The molecule has 1 aromatic heterocycles. The molecular weight excluding hydrogens is 386 g/mol. The number of anilines is 1. The molecule has 29 heavy (non-hydrogen) atoms. The molecule has 1 heterocycles. The third-order valence-electron chi connectivity index (χ3n) is 5.20. The lowest BCUT2D eigenvalue weighted by Crippen LogP contribution is -2.19. The Balaban J connectivity index is 2.43. The molecular formula is C23H34ClN3O2. The van der Waals surface area contributed by atoms with Gasteiger partial charge in [0, 0.05) is 11.6 Å². The Morgan fingerprint density at radius 1 is 1.00 bits per heavy atom. The van der Waals surface area contributed by atoms with Crippen LogP contribution in [0.1, 0.15) is 66.0 Å². The van der Waals surface area contributed by atoms with Gasteiger partial charge in [-0.1, -0.05) is 46.2 Å². The first-order valence-corrected chi connectivity index (χ1v) is 11.1. The highest BCUT2D eigenvalue weighted by atomic mass is 35.5. The molecule has 0 saturated carbocycles. The van der Waals surface area contributed by atoms with Crippen LogP contribution in [-0.4, -0.2) is 29.2 Å². The summed E-state index contributed by atoms with van der Waals surface area (Å²) in [4.78, 5) is 9.59. The third-order valence-corrected chi connectivity index (χ3v) is 5.51. The molecule has 5 nitrogen and oxygen atoms in total. The number of benzene rings is 1. The molecule has 0 spiro atoms. The molecule has 0 atom stereocenters. The minimum absolute atomic E-state index is 0.193. The number of hydrogen-bond donors (Lipinski definition) is 1. The van der Waals surface area contributed by atoms with Crippen molar-refractivity contribution < 1.29 is 9.47 Å². The maximum atomic E-state index is 6.62. The summed E-state index contributed by atoms with van der Waals surface area (Å²) in [5.74, 6) is 1.95. The highest BCUT2D eigenvalue weighted by molar-refractivity contribution is 6.33. The second-order valence-electron chi connectivity index (χ2n) is 7.09. The second kappa shape index (κ2) is 11.2. The van der Waals surface area contributed by atoms with Crippen LogP contribution in [0.15, 0.2) is 18.2 Å². The molecule has 1 aromatic carbocycles. The van der Waals surface area contributed by atoms with E-state index in [0.717, 1.165) is 54.8 Å². The van der Waals surface area contributed by atoms with Crippen molar-refractivity contribution >= 4 is 17.4 Å². The van der Waals surface area contributed by atoms with E-state index in [1.54, 1.807) is 7.11 Å². The SMILES string of the molecule is CCc1nc(NC(CC)CC)c(OC)nc1-c1ccc(OC(CC)CC)cc1Cl. The van der Waals surface area contributed by atoms with Crippen LogP contribution >= 0.6 is 11.6 Å². The molecule has 0 aliphatic carbocycles. The number of nitrogens with zero attached hydrogens (tertiary/aromatic N) is 2. The van der Waals surface area contributed by atoms with E-state index in [0.29, 0.717) is 22.8 Å². The van der Waals surface area contributed by atoms with E-state index in [2.05, 4.69) is 39.9 Å². The molecule has 0 bridgehead atoms. The molecule has 0 aliphatic rings. The van der Waals surface area contributed by atoms with E-state index in [-0.39, 0.29) is 6.10 Å². The maximum absolute atomic E-state index is 6.62. The fraction of sp³-hybridized carbons (Fsp3) is 0.565. The van der Waals surface area contributed by atoms with Gasteiger partial charge in [-0.2, -0.15) is 0 Å². The fourth-order valence-corrected chi connectivity index (χ4v) is 3.51. The minimum atomic E-state index is 0.193. The Bertz CT molecular complexity index is 790. The highest BCUT2D eigenvalue weighted by Gasteiger charge is 2.19. The Kier molecular flexibility index (Phi) is 9.02. The molecule has 160 valence electrons. The van der Waals surface area contributed by atoms with Gasteiger partial charge in [-0.05, 0) is 50.3 Å². The van der Waals surface area contributed by atoms with Crippen molar-refractivity contribution in [2.24, 2.45) is 0 Å². The Labute approximate surface area is 180 Å². The van der Waals surface area contributed by atoms with Crippen molar-refractivity contribution in [2.75, 3.05) is 12.4 Å². The number of nitrogens with one attached hydrogen (secondary N) is 1. The predicted octanol–water partition coefficient (Wildman–Crippen LogP) is 6.54. The van der Waals surface area contributed by atoms with Crippen molar-refractivity contribution in [3.8, 4) is 22.9 Å². The van der Waals surface area contributed by atoms with Gasteiger partial charge in [0.2, 0.25) is 0 Å². The Morgan fingerprint density at radius 3 is 2.21 bits per heavy atom. The van der Waals surface area contributed by atoms with Gasteiger partial charge in [-0.25, -0.2) is 9.97 Å². The van der Waals surface area contributed by atoms with Gasteiger partial charge in [0.1, 0.15) is 5.75 Å². The smallest absolute Gasteiger partial charge is 0.257 e. The summed E-state index contributed by atoms with van der Waals surface area (Å²) in [7, 11) is 1.62. The molecule has 0 amide bonds. The lowest BCUT2D eigenvalue weighted by atomic mass is 10.1. The van der Waals surface area contributed by atoms with E-state index >= 15 is 0 Å². The Morgan fingerprint density at radius 2 is 1.69 bits per heavy atom. The van der Waals surface area contributed by atoms with Crippen LogP contribution in [0.5, 0.6) is 11.6 Å². The van der Waals surface area contributed by atoms with E-state index in [1.165, 1.54) is 0 Å².